The van der Waals surface area contributed by atoms with E-state index in [0.717, 1.165) is 18.7 Å². The maximum Gasteiger partial charge on any atom is 0.422 e. The van der Waals surface area contributed by atoms with E-state index in [2.05, 4.69) is 23.9 Å². The molecule has 0 saturated heterocycles. The normalized spacial score (nSPS) is 13.2. The van der Waals surface area contributed by atoms with Crippen LogP contribution in [-0.2, 0) is 0 Å². The van der Waals surface area contributed by atoms with E-state index in [1.807, 2.05) is 0 Å². The molecule has 0 heterocycles. The minimum atomic E-state index is -4.30. The zero-order valence-electron chi connectivity index (χ0n) is 10.6. The second kappa shape index (κ2) is 6.52. The number of alkyl halides is 3. The number of hydrogen-bond acceptors (Lipinski definition) is 2. The zero-order valence-corrected chi connectivity index (χ0v) is 10.6. The first-order chi connectivity index (χ1) is 8.40. The highest BCUT2D eigenvalue weighted by atomic mass is 19.4. The fourth-order valence-electron chi connectivity index (χ4n) is 1.27. The Kier molecular flexibility index (Phi) is 5.31. The summed E-state index contributed by atoms with van der Waals surface area (Å²) in [6.07, 6.45) is -3.22. The fraction of sp³-hybridized carbons (Fsp3) is 0.538. The van der Waals surface area contributed by atoms with Gasteiger partial charge >= 0.3 is 6.18 Å². The quantitative estimate of drug-likeness (QED) is 0.833. The molecular weight excluding hydrogens is 243 g/mol. The summed E-state index contributed by atoms with van der Waals surface area (Å²) < 4.78 is 40.4. The predicted molar refractivity (Wildman–Crippen MR) is 65.9 cm³/mol. The second-order valence-electron chi connectivity index (χ2n) is 4.32. The Balaban J connectivity index is 2.42. The van der Waals surface area contributed by atoms with Crippen LogP contribution >= 0.6 is 0 Å². The Morgan fingerprint density at radius 1 is 1.22 bits per heavy atom. The van der Waals surface area contributed by atoms with E-state index in [4.69, 9.17) is 0 Å². The molecule has 1 aromatic carbocycles. The van der Waals surface area contributed by atoms with Crippen LogP contribution in [0.4, 0.5) is 18.9 Å². The van der Waals surface area contributed by atoms with Crippen molar-refractivity contribution >= 4 is 5.69 Å². The van der Waals surface area contributed by atoms with Crippen LogP contribution in [0.15, 0.2) is 24.3 Å². The SMILES string of the molecule is CCC(C)CNc1ccc(OCC(F)(F)F)cc1. The molecule has 0 aromatic heterocycles. The lowest BCUT2D eigenvalue weighted by Gasteiger charge is -2.12. The highest BCUT2D eigenvalue weighted by Gasteiger charge is 2.28. The molecule has 1 N–H and O–H groups in total. The van der Waals surface area contributed by atoms with Crippen LogP contribution in [-0.4, -0.2) is 19.3 Å². The van der Waals surface area contributed by atoms with Crippen LogP contribution < -0.4 is 10.1 Å². The van der Waals surface area contributed by atoms with Crippen LogP contribution in [0.3, 0.4) is 0 Å². The van der Waals surface area contributed by atoms with Crippen molar-refractivity contribution < 1.29 is 17.9 Å². The third-order valence-corrected chi connectivity index (χ3v) is 2.61. The molecule has 0 amide bonds. The van der Waals surface area contributed by atoms with Gasteiger partial charge in [0.1, 0.15) is 5.75 Å². The maximum atomic E-state index is 11.9. The zero-order chi connectivity index (χ0) is 13.6. The minimum Gasteiger partial charge on any atom is -0.484 e. The number of benzene rings is 1. The molecule has 0 saturated carbocycles. The lowest BCUT2D eigenvalue weighted by Crippen LogP contribution is -2.19. The standard InChI is InChI=1S/C13H18F3NO/c1-3-10(2)8-17-11-4-6-12(7-5-11)18-9-13(14,15)16/h4-7,10,17H,3,8-9H2,1-2H3. The molecule has 1 rings (SSSR count). The fourth-order valence-corrected chi connectivity index (χ4v) is 1.27. The molecule has 1 aromatic rings. The highest BCUT2D eigenvalue weighted by molar-refractivity contribution is 5.46. The van der Waals surface area contributed by atoms with Crippen molar-refractivity contribution in [3.63, 3.8) is 0 Å². The van der Waals surface area contributed by atoms with Crippen molar-refractivity contribution in [3.05, 3.63) is 24.3 Å². The molecule has 0 aliphatic rings. The summed E-state index contributed by atoms with van der Waals surface area (Å²) in [7, 11) is 0. The number of hydrogen-bond donors (Lipinski definition) is 1. The van der Waals surface area contributed by atoms with Gasteiger partial charge in [0, 0.05) is 12.2 Å². The first-order valence-corrected chi connectivity index (χ1v) is 5.94. The Bertz CT molecular complexity index is 348. The van der Waals surface area contributed by atoms with Gasteiger partial charge in [0.2, 0.25) is 0 Å². The number of anilines is 1. The van der Waals surface area contributed by atoms with Gasteiger partial charge in [0.15, 0.2) is 6.61 Å². The van der Waals surface area contributed by atoms with E-state index in [1.54, 1.807) is 12.1 Å². The summed E-state index contributed by atoms with van der Waals surface area (Å²) in [5, 5.41) is 3.22. The van der Waals surface area contributed by atoms with Gasteiger partial charge in [-0.25, -0.2) is 0 Å². The first-order valence-electron chi connectivity index (χ1n) is 5.94. The van der Waals surface area contributed by atoms with Crippen molar-refractivity contribution in [1.29, 1.82) is 0 Å². The average Bonchev–Trinajstić information content (AvgIpc) is 2.33. The summed E-state index contributed by atoms with van der Waals surface area (Å²) in [6.45, 7) is 3.83. The molecule has 1 atom stereocenters. The van der Waals surface area contributed by atoms with Gasteiger partial charge < -0.3 is 10.1 Å². The Labute approximate surface area is 105 Å². The molecule has 0 aliphatic carbocycles. The van der Waals surface area contributed by atoms with Gasteiger partial charge in [-0.1, -0.05) is 20.3 Å². The monoisotopic (exact) mass is 261 g/mol. The molecule has 18 heavy (non-hydrogen) atoms. The molecule has 0 aliphatic heterocycles. The molecule has 0 radical (unpaired) electrons. The van der Waals surface area contributed by atoms with Gasteiger partial charge in [-0.15, -0.1) is 0 Å². The summed E-state index contributed by atoms with van der Waals surface area (Å²) in [5.74, 6) is 0.785. The number of ether oxygens (including phenoxy) is 1. The molecule has 0 fully saturated rings. The number of halogens is 3. The molecule has 102 valence electrons. The smallest absolute Gasteiger partial charge is 0.422 e. The van der Waals surface area contributed by atoms with Crippen LogP contribution in [0.25, 0.3) is 0 Å². The summed E-state index contributed by atoms with van der Waals surface area (Å²) in [5.41, 5.74) is 0.884. The maximum absolute atomic E-state index is 11.9. The second-order valence-corrected chi connectivity index (χ2v) is 4.32. The predicted octanol–water partition coefficient (Wildman–Crippen LogP) is 4.09. The van der Waals surface area contributed by atoms with Crippen molar-refractivity contribution in [2.75, 3.05) is 18.5 Å². The van der Waals surface area contributed by atoms with Crippen molar-refractivity contribution in [1.82, 2.24) is 0 Å². The molecule has 0 bridgehead atoms. The van der Waals surface area contributed by atoms with Gasteiger partial charge in [0.05, 0.1) is 0 Å². The van der Waals surface area contributed by atoms with E-state index < -0.39 is 12.8 Å². The number of nitrogens with one attached hydrogen (secondary N) is 1. The van der Waals surface area contributed by atoms with Crippen LogP contribution in [0.5, 0.6) is 5.75 Å². The van der Waals surface area contributed by atoms with E-state index in [1.165, 1.54) is 12.1 Å². The van der Waals surface area contributed by atoms with E-state index in [-0.39, 0.29) is 5.75 Å². The Morgan fingerprint density at radius 3 is 2.33 bits per heavy atom. The molecule has 0 spiro atoms. The van der Waals surface area contributed by atoms with Gasteiger partial charge in [-0.05, 0) is 30.2 Å². The van der Waals surface area contributed by atoms with E-state index in [9.17, 15) is 13.2 Å². The van der Waals surface area contributed by atoms with Gasteiger partial charge in [-0.2, -0.15) is 13.2 Å². The third kappa shape index (κ3) is 5.80. The van der Waals surface area contributed by atoms with Crippen molar-refractivity contribution in [2.24, 2.45) is 5.92 Å². The lowest BCUT2D eigenvalue weighted by atomic mass is 10.1. The lowest BCUT2D eigenvalue weighted by molar-refractivity contribution is -0.153. The summed E-state index contributed by atoms with van der Waals surface area (Å²) >= 11 is 0. The van der Waals surface area contributed by atoms with Crippen LogP contribution in [0.1, 0.15) is 20.3 Å². The Morgan fingerprint density at radius 2 is 1.83 bits per heavy atom. The third-order valence-electron chi connectivity index (χ3n) is 2.61. The molecule has 5 heteroatoms. The van der Waals surface area contributed by atoms with Crippen molar-refractivity contribution in [2.45, 2.75) is 26.4 Å². The van der Waals surface area contributed by atoms with E-state index in [0.29, 0.717) is 5.92 Å². The van der Waals surface area contributed by atoms with Gasteiger partial charge in [-0.3, -0.25) is 0 Å². The molecule has 1 unspecified atom stereocenters. The summed E-state index contributed by atoms with van der Waals surface area (Å²) in [6, 6.07) is 6.50. The Hall–Kier alpha value is -1.39. The van der Waals surface area contributed by atoms with Crippen LogP contribution in [0, 0.1) is 5.92 Å². The summed E-state index contributed by atoms with van der Waals surface area (Å²) in [4.78, 5) is 0. The average molecular weight is 261 g/mol. The van der Waals surface area contributed by atoms with Gasteiger partial charge in [0.25, 0.3) is 0 Å². The number of rotatable bonds is 6. The van der Waals surface area contributed by atoms with Crippen molar-refractivity contribution in [3.8, 4) is 5.75 Å². The first kappa shape index (κ1) is 14.7. The topological polar surface area (TPSA) is 21.3 Å². The minimum absolute atomic E-state index is 0.224. The van der Waals surface area contributed by atoms with Crippen LogP contribution in [0.2, 0.25) is 0 Å². The highest BCUT2D eigenvalue weighted by Crippen LogP contribution is 2.20. The van der Waals surface area contributed by atoms with E-state index >= 15 is 0 Å². The molecular formula is C13H18F3NO. The largest absolute Gasteiger partial charge is 0.484 e. The molecule has 2 nitrogen and oxygen atoms in total.